The first kappa shape index (κ1) is 13.8. The molecule has 0 bridgehead atoms. The highest BCUT2D eigenvalue weighted by atomic mass is 16.4. The minimum absolute atomic E-state index is 0.184. The normalized spacial score (nSPS) is 11.1. The predicted octanol–water partition coefficient (Wildman–Crippen LogP) is 3.99. The molecule has 4 heteroatoms. The molecule has 0 saturated heterocycles. The van der Waals surface area contributed by atoms with Gasteiger partial charge in [0.05, 0.1) is 11.3 Å². The fourth-order valence-electron chi connectivity index (χ4n) is 2.21. The van der Waals surface area contributed by atoms with Gasteiger partial charge in [-0.25, -0.2) is 4.79 Å². The molecule has 0 aliphatic rings. The number of phenols is 1. The van der Waals surface area contributed by atoms with Crippen molar-refractivity contribution in [2.45, 2.75) is 0 Å². The monoisotopic (exact) mass is 291 g/mol. The van der Waals surface area contributed by atoms with Crippen LogP contribution in [0.5, 0.6) is 5.75 Å². The molecule has 0 aliphatic carbocycles. The number of nitrogens with zero attached hydrogens (tertiary/aromatic N) is 1. The van der Waals surface area contributed by atoms with Crippen LogP contribution in [-0.2, 0) is 0 Å². The quantitative estimate of drug-likeness (QED) is 0.717. The van der Waals surface area contributed by atoms with Crippen molar-refractivity contribution < 1.29 is 15.0 Å². The molecule has 0 fully saturated rings. The van der Waals surface area contributed by atoms with Crippen molar-refractivity contribution in [1.82, 2.24) is 0 Å². The average Bonchev–Trinajstić information content (AvgIpc) is 2.55. The SMILES string of the molecule is O=C(O)c1ccc(N=Cc2ccc3ccccc3c2O)cc1. The molecule has 0 saturated carbocycles. The minimum Gasteiger partial charge on any atom is -0.507 e. The van der Waals surface area contributed by atoms with Crippen LogP contribution in [0.4, 0.5) is 5.69 Å². The first-order chi connectivity index (χ1) is 10.6. The van der Waals surface area contributed by atoms with E-state index in [2.05, 4.69) is 4.99 Å². The Morgan fingerprint density at radius 2 is 1.68 bits per heavy atom. The van der Waals surface area contributed by atoms with Gasteiger partial charge in [0, 0.05) is 17.2 Å². The molecule has 0 heterocycles. The number of phenolic OH excluding ortho intramolecular Hbond substituents is 1. The van der Waals surface area contributed by atoms with Crippen LogP contribution in [-0.4, -0.2) is 22.4 Å². The molecule has 3 aromatic carbocycles. The fraction of sp³-hybridized carbons (Fsp3) is 0. The summed E-state index contributed by atoms with van der Waals surface area (Å²) in [5.74, 6) is -0.785. The first-order valence-electron chi connectivity index (χ1n) is 6.73. The number of carbonyl (C=O) groups is 1. The Labute approximate surface area is 127 Å². The Kier molecular flexibility index (Phi) is 3.58. The van der Waals surface area contributed by atoms with Crippen molar-refractivity contribution in [2.24, 2.45) is 4.99 Å². The lowest BCUT2D eigenvalue weighted by Crippen LogP contribution is -1.94. The summed E-state index contributed by atoms with van der Waals surface area (Å²) in [4.78, 5) is 15.1. The predicted molar refractivity (Wildman–Crippen MR) is 86.3 cm³/mol. The van der Waals surface area contributed by atoms with Crippen LogP contribution < -0.4 is 0 Å². The van der Waals surface area contributed by atoms with Gasteiger partial charge in [-0.3, -0.25) is 4.99 Å². The number of aliphatic imine (C=N–C) groups is 1. The number of hydrogen-bond donors (Lipinski definition) is 2. The fourth-order valence-corrected chi connectivity index (χ4v) is 2.21. The molecule has 0 unspecified atom stereocenters. The zero-order chi connectivity index (χ0) is 15.5. The third kappa shape index (κ3) is 2.67. The van der Waals surface area contributed by atoms with Crippen molar-refractivity contribution in [3.63, 3.8) is 0 Å². The summed E-state index contributed by atoms with van der Waals surface area (Å²) in [5, 5.41) is 20.9. The van der Waals surface area contributed by atoms with Crippen LogP contribution in [0.2, 0.25) is 0 Å². The molecule has 3 rings (SSSR count). The zero-order valence-electron chi connectivity index (χ0n) is 11.6. The van der Waals surface area contributed by atoms with E-state index in [9.17, 15) is 9.90 Å². The number of carboxylic acid groups (broad SMARTS) is 1. The topological polar surface area (TPSA) is 69.9 Å². The van der Waals surface area contributed by atoms with Crippen LogP contribution >= 0.6 is 0 Å². The molecule has 0 atom stereocenters. The van der Waals surface area contributed by atoms with Gasteiger partial charge in [-0.1, -0.05) is 30.3 Å². The highest BCUT2D eigenvalue weighted by molar-refractivity contribution is 5.97. The van der Waals surface area contributed by atoms with E-state index in [1.165, 1.54) is 12.1 Å². The van der Waals surface area contributed by atoms with Gasteiger partial charge in [-0.2, -0.15) is 0 Å². The van der Waals surface area contributed by atoms with Crippen LogP contribution in [0.3, 0.4) is 0 Å². The standard InChI is InChI=1S/C18H13NO3/c20-17-14(6-5-12-3-1-2-4-16(12)17)11-19-15-9-7-13(8-10-15)18(21)22/h1-11,20H,(H,21,22). The molecule has 0 aliphatic heterocycles. The number of hydrogen-bond acceptors (Lipinski definition) is 3. The maximum absolute atomic E-state index is 10.8. The molecular formula is C18H13NO3. The molecule has 4 nitrogen and oxygen atoms in total. The molecular weight excluding hydrogens is 278 g/mol. The van der Waals surface area contributed by atoms with Crippen molar-refractivity contribution in [1.29, 1.82) is 0 Å². The summed E-state index contributed by atoms with van der Waals surface area (Å²) in [6.45, 7) is 0. The second-order valence-electron chi connectivity index (χ2n) is 4.83. The summed E-state index contributed by atoms with van der Waals surface area (Å²) < 4.78 is 0. The Hall–Kier alpha value is -3.14. The number of aromatic carboxylic acids is 1. The lowest BCUT2D eigenvalue weighted by molar-refractivity contribution is 0.0697. The molecule has 2 N–H and O–H groups in total. The molecule has 0 aromatic heterocycles. The number of benzene rings is 3. The summed E-state index contributed by atoms with van der Waals surface area (Å²) >= 11 is 0. The van der Waals surface area contributed by atoms with E-state index in [1.807, 2.05) is 30.3 Å². The van der Waals surface area contributed by atoms with Crippen molar-refractivity contribution in [2.75, 3.05) is 0 Å². The highest BCUT2D eigenvalue weighted by Gasteiger charge is 2.04. The van der Waals surface area contributed by atoms with Crippen LogP contribution in [0.15, 0.2) is 65.7 Å². The first-order valence-corrected chi connectivity index (χ1v) is 6.73. The lowest BCUT2D eigenvalue weighted by Gasteiger charge is -2.04. The van der Waals surface area contributed by atoms with Gasteiger partial charge in [-0.05, 0) is 35.7 Å². The van der Waals surface area contributed by atoms with E-state index in [1.54, 1.807) is 24.4 Å². The van der Waals surface area contributed by atoms with E-state index in [0.29, 0.717) is 11.3 Å². The number of rotatable bonds is 3. The van der Waals surface area contributed by atoms with Gasteiger partial charge in [0.1, 0.15) is 5.75 Å². The van der Waals surface area contributed by atoms with Crippen LogP contribution in [0.1, 0.15) is 15.9 Å². The number of fused-ring (bicyclic) bond motifs is 1. The van der Waals surface area contributed by atoms with Crippen molar-refractivity contribution in [3.8, 4) is 5.75 Å². The Morgan fingerprint density at radius 3 is 2.41 bits per heavy atom. The summed E-state index contributed by atoms with van der Waals surface area (Å²) in [6, 6.07) is 17.5. The largest absolute Gasteiger partial charge is 0.507 e. The van der Waals surface area contributed by atoms with Gasteiger partial charge in [0.25, 0.3) is 0 Å². The van der Waals surface area contributed by atoms with E-state index < -0.39 is 5.97 Å². The summed E-state index contributed by atoms with van der Waals surface area (Å²) in [6.07, 6.45) is 1.57. The second kappa shape index (κ2) is 5.69. The maximum Gasteiger partial charge on any atom is 0.335 e. The van der Waals surface area contributed by atoms with E-state index in [-0.39, 0.29) is 11.3 Å². The van der Waals surface area contributed by atoms with Crippen molar-refractivity contribution in [3.05, 3.63) is 71.8 Å². The Bertz CT molecular complexity index is 867. The van der Waals surface area contributed by atoms with E-state index >= 15 is 0 Å². The second-order valence-corrected chi connectivity index (χ2v) is 4.83. The number of aromatic hydroxyl groups is 1. The lowest BCUT2D eigenvalue weighted by atomic mass is 10.1. The average molecular weight is 291 g/mol. The molecule has 22 heavy (non-hydrogen) atoms. The third-order valence-corrected chi connectivity index (χ3v) is 3.40. The van der Waals surface area contributed by atoms with Gasteiger partial charge in [0.2, 0.25) is 0 Å². The van der Waals surface area contributed by atoms with Crippen molar-refractivity contribution >= 4 is 28.6 Å². The molecule has 108 valence electrons. The maximum atomic E-state index is 10.8. The third-order valence-electron chi connectivity index (χ3n) is 3.40. The molecule has 0 amide bonds. The van der Waals surface area contributed by atoms with Gasteiger partial charge in [-0.15, -0.1) is 0 Å². The smallest absolute Gasteiger partial charge is 0.335 e. The Balaban J connectivity index is 1.92. The molecule has 0 spiro atoms. The molecule has 3 aromatic rings. The minimum atomic E-state index is -0.970. The highest BCUT2D eigenvalue weighted by Crippen LogP contribution is 2.27. The van der Waals surface area contributed by atoms with E-state index in [4.69, 9.17) is 5.11 Å². The van der Waals surface area contributed by atoms with Crippen LogP contribution in [0.25, 0.3) is 10.8 Å². The van der Waals surface area contributed by atoms with Crippen LogP contribution in [0, 0.1) is 0 Å². The van der Waals surface area contributed by atoms with Gasteiger partial charge < -0.3 is 10.2 Å². The van der Waals surface area contributed by atoms with Gasteiger partial charge >= 0.3 is 5.97 Å². The zero-order valence-corrected chi connectivity index (χ0v) is 11.6. The summed E-state index contributed by atoms with van der Waals surface area (Å²) in [7, 11) is 0. The van der Waals surface area contributed by atoms with E-state index in [0.717, 1.165) is 10.8 Å². The number of carboxylic acids is 1. The van der Waals surface area contributed by atoms with Gasteiger partial charge in [0.15, 0.2) is 0 Å². The summed E-state index contributed by atoms with van der Waals surface area (Å²) in [5.41, 5.74) is 1.45. The molecule has 0 radical (unpaired) electrons. The Morgan fingerprint density at radius 1 is 0.955 bits per heavy atom.